The van der Waals surface area contributed by atoms with Gasteiger partial charge in [-0.3, -0.25) is 4.98 Å². The number of phenols is 1. The Morgan fingerprint density at radius 2 is 1.42 bits per heavy atom. The number of nitriles is 1. The van der Waals surface area contributed by atoms with Crippen molar-refractivity contribution in [2.24, 2.45) is 0 Å². The van der Waals surface area contributed by atoms with Crippen LogP contribution in [0.15, 0.2) is 109 Å². The third-order valence-corrected chi connectivity index (χ3v) is 9.29. The summed E-state index contributed by atoms with van der Waals surface area (Å²) in [6.45, 7) is 20.3. The number of benzene rings is 5. The van der Waals surface area contributed by atoms with Gasteiger partial charge in [0.1, 0.15) is 11.8 Å². The van der Waals surface area contributed by atoms with Gasteiger partial charge in [0, 0.05) is 23.0 Å². The molecule has 0 saturated heterocycles. The summed E-state index contributed by atoms with van der Waals surface area (Å²) in [7, 11) is 0. The van der Waals surface area contributed by atoms with Crippen LogP contribution >= 0.6 is 0 Å². The first-order chi connectivity index (χ1) is 24.9. The monoisotopic (exact) mass is 870 g/mol. The number of fused-ring (bicyclic) bond motifs is 1. The third-order valence-electron chi connectivity index (χ3n) is 9.29. The van der Waals surface area contributed by atoms with Gasteiger partial charge in [0.25, 0.3) is 0 Å². The summed E-state index contributed by atoms with van der Waals surface area (Å²) in [6.07, 6.45) is 1.62. The first kappa shape index (κ1) is 37.0. The Morgan fingerprint density at radius 3 is 2.04 bits per heavy atom. The molecule has 0 bridgehead atoms. The largest absolute Gasteiger partial charge is 2.00 e. The van der Waals surface area contributed by atoms with Crippen LogP contribution < -0.4 is 4.98 Å². The van der Waals surface area contributed by atoms with Gasteiger partial charge in [-0.1, -0.05) is 155 Å². The molecule has 7 heteroatoms. The van der Waals surface area contributed by atoms with Gasteiger partial charge in [-0.2, -0.15) is 5.26 Å². The average molecular weight is 871 g/mol. The number of hydrogen-bond acceptors (Lipinski definition) is 4. The van der Waals surface area contributed by atoms with Gasteiger partial charge in [-0.25, -0.2) is 4.85 Å². The molecule has 1 N–H and O–H groups in total. The molecule has 0 spiro atoms. The van der Waals surface area contributed by atoms with Crippen LogP contribution in [-0.2, 0) is 31.9 Å². The number of hydrogen-bond donors (Lipinski definition) is 1. The Morgan fingerprint density at radius 1 is 0.755 bits per heavy atom. The molecule has 0 aliphatic heterocycles. The van der Waals surface area contributed by atoms with Crippen LogP contribution in [0.25, 0.3) is 71.9 Å². The molecule has 0 atom stereocenters. The van der Waals surface area contributed by atoms with Crippen molar-refractivity contribution in [1.29, 1.82) is 5.26 Å². The van der Waals surface area contributed by atoms with Crippen LogP contribution in [0.1, 0.15) is 58.2 Å². The molecule has 0 amide bonds. The minimum absolute atomic E-state index is 0. The molecule has 0 unspecified atom stereocenters. The molecule has 7 aromatic rings. The second kappa shape index (κ2) is 14.3. The first-order valence-corrected chi connectivity index (χ1v) is 17.2. The Labute approximate surface area is 325 Å². The van der Waals surface area contributed by atoms with E-state index in [0.29, 0.717) is 44.9 Å². The van der Waals surface area contributed by atoms with E-state index in [9.17, 15) is 10.4 Å². The van der Waals surface area contributed by atoms with Crippen molar-refractivity contribution >= 4 is 16.7 Å². The summed E-state index contributed by atoms with van der Waals surface area (Å²) in [5.74, 6) is 0.428. The van der Waals surface area contributed by atoms with Gasteiger partial charge < -0.3 is 15.1 Å². The summed E-state index contributed by atoms with van der Waals surface area (Å²) in [5, 5.41) is 21.7. The van der Waals surface area contributed by atoms with Crippen LogP contribution in [-0.4, -0.2) is 15.1 Å². The minimum Gasteiger partial charge on any atom is -0.508 e. The number of rotatable bonds is 5. The molecule has 0 saturated carbocycles. The maximum absolute atomic E-state index is 11.8. The van der Waals surface area contributed by atoms with Crippen molar-refractivity contribution in [2.75, 3.05) is 0 Å². The predicted molar refractivity (Wildman–Crippen MR) is 209 cm³/mol. The Balaban J connectivity index is 0.00000481. The Bertz CT molecular complexity index is 2560. The number of phenolic OH excluding ortho intramolecular Hbond substituents is 1. The second-order valence-corrected chi connectivity index (χ2v) is 15.0. The van der Waals surface area contributed by atoms with Crippen molar-refractivity contribution in [3.8, 4) is 67.8 Å². The van der Waals surface area contributed by atoms with Crippen molar-refractivity contribution in [1.82, 2.24) is 15.0 Å². The number of imidazole rings is 1. The van der Waals surface area contributed by atoms with Crippen molar-refractivity contribution < 1.29 is 26.2 Å². The van der Waals surface area contributed by atoms with Crippen LogP contribution in [0.4, 0.5) is 5.69 Å². The van der Waals surface area contributed by atoms with Gasteiger partial charge >= 0.3 is 21.1 Å². The van der Waals surface area contributed by atoms with Crippen LogP contribution in [0.2, 0.25) is 0 Å². The van der Waals surface area contributed by atoms with Gasteiger partial charge in [0.2, 0.25) is 0 Å². The number of aromatic nitrogens is 3. The molecular weight excluding hydrogens is 834 g/mol. The van der Waals surface area contributed by atoms with Crippen LogP contribution in [0.3, 0.4) is 0 Å². The molecule has 2 aromatic heterocycles. The van der Waals surface area contributed by atoms with E-state index < -0.39 is 5.41 Å². The van der Waals surface area contributed by atoms with E-state index in [4.69, 9.17) is 21.5 Å². The van der Waals surface area contributed by atoms with E-state index >= 15 is 0 Å². The summed E-state index contributed by atoms with van der Waals surface area (Å²) in [6, 6.07) is 39.8. The quantitative estimate of drug-likeness (QED) is 0.174. The van der Waals surface area contributed by atoms with Crippen molar-refractivity contribution in [3.63, 3.8) is 0 Å². The molecular formula is C46H37N5OPt. The number of nitrogens with zero attached hydrogens (tertiary/aromatic N) is 5. The van der Waals surface area contributed by atoms with E-state index in [1.165, 1.54) is 0 Å². The average Bonchev–Trinajstić information content (AvgIpc) is 3.58. The fourth-order valence-electron chi connectivity index (χ4n) is 6.75. The van der Waals surface area contributed by atoms with Gasteiger partial charge in [-0.15, -0.1) is 23.8 Å². The second-order valence-electron chi connectivity index (χ2n) is 15.0. The Hall–Kier alpha value is -5.81. The Kier molecular flexibility index (Phi) is 9.98. The molecule has 0 aliphatic carbocycles. The van der Waals surface area contributed by atoms with Crippen molar-refractivity contribution in [3.05, 3.63) is 143 Å². The first-order valence-electron chi connectivity index (χ1n) is 17.2. The number of para-hydroxylation sites is 1. The smallest absolute Gasteiger partial charge is 0.508 e. The zero-order valence-corrected chi connectivity index (χ0v) is 32.7. The molecule has 262 valence electrons. The molecule has 0 radical (unpaired) electrons. The normalized spacial score (nSPS) is 11.5. The number of pyridine rings is 1. The summed E-state index contributed by atoms with van der Waals surface area (Å²) < 4.78 is 0. The molecule has 5 aromatic carbocycles. The van der Waals surface area contributed by atoms with E-state index in [-0.39, 0.29) is 32.2 Å². The van der Waals surface area contributed by atoms with Gasteiger partial charge in [0.05, 0.1) is 12.1 Å². The number of aromatic hydroxyl groups is 1. The van der Waals surface area contributed by atoms with E-state index in [1.54, 1.807) is 6.20 Å². The zero-order chi connectivity index (χ0) is 36.8. The SMILES string of the molecule is [C-]#[N+]c1c(C(C)(C)C)cc(-c2nc3cccc(-c4[c-]c(-c5cc(-c6ccccc6)c(C#N)cn5)cc(-c5ccccc5)c4)c3[n-]2)c(O)c1C(C)(C)C.[Pt+2]. The third kappa shape index (κ3) is 7.04. The molecule has 53 heavy (non-hydrogen) atoms. The maximum Gasteiger partial charge on any atom is 2.00 e. The molecule has 0 aliphatic rings. The molecule has 7 rings (SSSR count). The van der Waals surface area contributed by atoms with E-state index in [2.05, 4.69) is 62.0 Å². The molecule has 2 heterocycles. The topological polar surface area (TPSA) is 88.3 Å². The summed E-state index contributed by atoms with van der Waals surface area (Å²) in [4.78, 5) is 18.7. The predicted octanol–water partition coefficient (Wildman–Crippen LogP) is 11.4. The van der Waals surface area contributed by atoms with E-state index in [1.807, 2.05) is 99.6 Å². The fraction of sp³-hybridized carbons (Fsp3) is 0.174. The summed E-state index contributed by atoms with van der Waals surface area (Å²) in [5.41, 5.74) is 10.2. The van der Waals surface area contributed by atoms with Gasteiger partial charge in [-0.05, 0) is 44.4 Å². The molecule has 0 fully saturated rings. The minimum atomic E-state index is -0.500. The summed E-state index contributed by atoms with van der Waals surface area (Å²) >= 11 is 0. The maximum atomic E-state index is 11.8. The van der Waals surface area contributed by atoms with Crippen LogP contribution in [0, 0.1) is 24.0 Å². The molecule has 6 nitrogen and oxygen atoms in total. The zero-order valence-electron chi connectivity index (χ0n) is 30.4. The van der Waals surface area contributed by atoms with Crippen LogP contribution in [0.5, 0.6) is 5.75 Å². The fourth-order valence-corrected chi connectivity index (χ4v) is 6.75. The van der Waals surface area contributed by atoms with Crippen molar-refractivity contribution in [2.45, 2.75) is 52.4 Å². The van der Waals surface area contributed by atoms with E-state index in [0.717, 1.165) is 44.5 Å². The standard InChI is InChI=1S/C46H37N5O.Pt/c1-45(2,3)37-24-36(43(52)40(42(37)48-7)46(4,5)6)44-50-38-20-14-19-34(41(38)51-44)31-21-30(28-15-10-8-11-16-28)22-32(23-31)39-25-35(33(26-47)27-49-39)29-17-12-9-13-18-29;/h8-22,24-25,27H,1-6H3,(H-,50,51,52);/q-2;+2. The van der Waals surface area contributed by atoms with Gasteiger partial charge in [0.15, 0.2) is 5.69 Å².